The van der Waals surface area contributed by atoms with E-state index >= 15 is 0 Å². The molecule has 0 radical (unpaired) electrons. The number of rotatable bonds is 6. The van der Waals surface area contributed by atoms with E-state index in [0.29, 0.717) is 17.6 Å². The molecule has 13 heavy (non-hydrogen) atoms. The van der Waals surface area contributed by atoms with E-state index < -0.39 is 6.04 Å². The third kappa shape index (κ3) is 5.90. The van der Waals surface area contributed by atoms with Gasteiger partial charge in [-0.3, -0.25) is 4.79 Å². The van der Waals surface area contributed by atoms with Crippen molar-refractivity contribution >= 4 is 17.7 Å². The summed E-state index contributed by atoms with van der Waals surface area (Å²) in [5.74, 6) is 0.203. The van der Waals surface area contributed by atoms with Crippen LogP contribution in [0.1, 0.15) is 6.92 Å². The monoisotopic (exact) mass is 207 g/mol. The Morgan fingerprint density at radius 3 is 2.62 bits per heavy atom. The second-order valence-corrected chi connectivity index (χ2v) is 4.20. The molecule has 0 heterocycles. The molecule has 4 nitrogen and oxygen atoms in total. The molecule has 0 fully saturated rings. The molecule has 0 aliphatic carbocycles. The summed E-state index contributed by atoms with van der Waals surface area (Å²) in [6.07, 6.45) is 0. The average Bonchev–Trinajstić information content (AvgIpc) is 2.13. The molecule has 2 unspecified atom stereocenters. The maximum atomic E-state index is 10.9. The maximum absolute atomic E-state index is 10.9. The highest BCUT2D eigenvalue weighted by atomic mass is 32.2. The van der Waals surface area contributed by atoms with Gasteiger partial charge in [0.2, 0.25) is 0 Å². The summed E-state index contributed by atoms with van der Waals surface area (Å²) in [5.41, 5.74) is 5.54. The molecule has 5 heteroatoms. The van der Waals surface area contributed by atoms with E-state index in [-0.39, 0.29) is 5.97 Å². The Balaban J connectivity index is 3.56. The van der Waals surface area contributed by atoms with Gasteiger partial charge in [-0.1, -0.05) is 6.92 Å². The van der Waals surface area contributed by atoms with E-state index in [2.05, 4.69) is 4.74 Å². The standard InChI is InChI=1S/C8H17NO3S/c1-6(4-11-2)13-5-7(9)8(10)12-3/h6-7H,4-5,9H2,1-3H3. The maximum Gasteiger partial charge on any atom is 0.323 e. The molecule has 0 aromatic carbocycles. The topological polar surface area (TPSA) is 61.5 Å². The molecule has 0 saturated heterocycles. The molecular weight excluding hydrogens is 190 g/mol. The van der Waals surface area contributed by atoms with Crippen LogP contribution in [-0.4, -0.2) is 43.8 Å². The molecular formula is C8H17NO3S. The van der Waals surface area contributed by atoms with Crippen LogP contribution in [0.3, 0.4) is 0 Å². The number of carbonyl (C=O) groups excluding carboxylic acids is 1. The Labute approximate surface area is 83.1 Å². The summed E-state index contributed by atoms with van der Waals surface area (Å²) in [6, 6.07) is -0.533. The van der Waals surface area contributed by atoms with Crippen LogP contribution >= 0.6 is 11.8 Å². The van der Waals surface area contributed by atoms with Crippen LogP contribution in [0.5, 0.6) is 0 Å². The van der Waals surface area contributed by atoms with Gasteiger partial charge < -0.3 is 15.2 Å². The second-order valence-electron chi connectivity index (χ2n) is 2.73. The third-order valence-electron chi connectivity index (χ3n) is 1.47. The number of esters is 1. The molecule has 0 bridgehead atoms. The molecule has 2 atom stereocenters. The molecule has 0 amide bonds. The first kappa shape index (κ1) is 12.7. The summed E-state index contributed by atoms with van der Waals surface area (Å²) >= 11 is 1.60. The first-order valence-corrected chi connectivity index (χ1v) is 5.10. The van der Waals surface area contributed by atoms with Crippen molar-refractivity contribution in [3.63, 3.8) is 0 Å². The number of ether oxygens (including phenoxy) is 2. The lowest BCUT2D eigenvalue weighted by Crippen LogP contribution is -2.34. The summed E-state index contributed by atoms with van der Waals surface area (Å²) < 4.78 is 9.44. The summed E-state index contributed by atoms with van der Waals surface area (Å²) in [4.78, 5) is 10.9. The normalized spacial score (nSPS) is 15.1. The third-order valence-corrected chi connectivity index (χ3v) is 2.72. The Bertz CT molecular complexity index is 154. The highest BCUT2D eigenvalue weighted by molar-refractivity contribution is 7.99. The van der Waals surface area contributed by atoms with E-state index in [9.17, 15) is 4.79 Å². The highest BCUT2D eigenvalue weighted by Crippen LogP contribution is 2.11. The molecule has 0 saturated carbocycles. The number of hydrogen-bond acceptors (Lipinski definition) is 5. The zero-order valence-electron chi connectivity index (χ0n) is 8.28. The number of carbonyl (C=O) groups is 1. The van der Waals surface area contributed by atoms with Crippen molar-refractivity contribution in [1.29, 1.82) is 0 Å². The Hall–Kier alpha value is -0.260. The zero-order valence-corrected chi connectivity index (χ0v) is 9.10. The molecule has 0 aliphatic rings. The Kier molecular flexibility index (Phi) is 7.03. The lowest BCUT2D eigenvalue weighted by Gasteiger charge is -2.12. The Morgan fingerprint density at radius 2 is 2.15 bits per heavy atom. The summed E-state index contributed by atoms with van der Waals surface area (Å²) in [6.45, 7) is 2.69. The van der Waals surface area contributed by atoms with Gasteiger partial charge >= 0.3 is 5.97 Å². The van der Waals surface area contributed by atoms with E-state index in [1.807, 2.05) is 6.92 Å². The summed E-state index contributed by atoms with van der Waals surface area (Å²) in [5, 5.41) is 0.348. The van der Waals surface area contributed by atoms with Gasteiger partial charge in [-0.15, -0.1) is 0 Å². The van der Waals surface area contributed by atoms with Gasteiger partial charge in [-0.05, 0) is 0 Å². The predicted octanol–water partition coefficient (Wildman–Crippen LogP) is 0.255. The number of hydrogen-bond donors (Lipinski definition) is 1. The van der Waals surface area contributed by atoms with Gasteiger partial charge in [-0.2, -0.15) is 11.8 Å². The lowest BCUT2D eigenvalue weighted by molar-refractivity contribution is -0.141. The van der Waals surface area contributed by atoms with Gasteiger partial charge in [0.05, 0.1) is 13.7 Å². The molecule has 0 aliphatic heterocycles. The van der Waals surface area contributed by atoms with Gasteiger partial charge in [-0.25, -0.2) is 0 Å². The fourth-order valence-corrected chi connectivity index (χ4v) is 1.67. The van der Waals surface area contributed by atoms with Gasteiger partial charge in [0.25, 0.3) is 0 Å². The smallest absolute Gasteiger partial charge is 0.323 e. The quantitative estimate of drug-likeness (QED) is 0.633. The van der Waals surface area contributed by atoms with Crippen molar-refractivity contribution < 1.29 is 14.3 Å². The molecule has 0 aromatic heterocycles. The fraction of sp³-hybridized carbons (Fsp3) is 0.875. The Morgan fingerprint density at radius 1 is 1.54 bits per heavy atom. The minimum atomic E-state index is -0.533. The van der Waals surface area contributed by atoms with Crippen molar-refractivity contribution in [1.82, 2.24) is 0 Å². The SMILES string of the molecule is COCC(C)SCC(N)C(=O)OC. The number of nitrogens with two attached hydrogens (primary N) is 1. The largest absolute Gasteiger partial charge is 0.468 e. The van der Waals surface area contributed by atoms with Crippen molar-refractivity contribution in [2.75, 3.05) is 26.6 Å². The average molecular weight is 207 g/mol. The minimum Gasteiger partial charge on any atom is -0.468 e. The molecule has 0 spiro atoms. The van der Waals surface area contributed by atoms with Gasteiger partial charge in [0.15, 0.2) is 0 Å². The van der Waals surface area contributed by atoms with E-state index in [0.717, 1.165) is 0 Å². The minimum absolute atomic E-state index is 0.348. The van der Waals surface area contributed by atoms with E-state index in [4.69, 9.17) is 10.5 Å². The zero-order chi connectivity index (χ0) is 10.3. The number of thioether (sulfide) groups is 1. The lowest BCUT2D eigenvalue weighted by atomic mass is 10.4. The van der Waals surface area contributed by atoms with Crippen LogP contribution in [0, 0.1) is 0 Å². The predicted molar refractivity (Wildman–Crippen MR) is 53.8 cm³/mol. The van der Waals surface area contributed by atoms with E-state index in [1.54, 1.807) is 18.9 Å². The molecule has 78 valence electrons. The first-order valence-electron chi connectivity index (χ1n) is 4.05. The van der Waals surface area contributed by atoms with Crippen molar-refractivity contribution in [3.05, 3.63) is 0 Å². The van der Waals surface area contributed by atoms with Crippen molar-refractivity contribution in [3.8, 4) is 0 Å². The first-order chi connectivity index (χ1) is 6.11. The summed E-state index contributed by atoms with van der Waals surface area (Å²) in [7, 11) is 2.99. The fourth-order valence-electron chi connectivity index (χ4n) is 0.770. The molecule has 0 aromatic rings. The highest BCUT2D eigenvalue weighted by Gasteiger charge is 2.14. The van der Waals surface area contributed by atoms with Crippen LogP contribution in [0.4, 0.5) is 0 Å². The van der Waals surface area contributed by atoms with Crippen LogP contribution in [-0.2, 0) is 14.3 Å². The van der Waals surface area contributed by atoms with E-state index in [1.165, 1.54) is 7.11 Å². The van der Waals surface area contributed by atoms with Crippen LogP contribution < -0.4 is 5.73 Å². The van der Waals surface area contributed by atoms with Gasteiger partial charge in [0, 0.05) is 18.1 Å². The van der Waals surface area contributed by atoms with Gasteiger partial charge in [0.1, 0.15) is 6.04 Å². The number of methoxy groups -OCH3 is 2. The second kappa shape index (κ2) is 7.17. The van der Waals surface area contributed by atoms with Crippen LogP contribution in [0.25, 0.3) is 0 Å². The van der Waals surface area contributed by atoms with Crippen LogP contribution in [0.2, 0.25) is 0 Å². The molecule has 0 rings (SSSR count). The van der Waals surface area contributed by atoms with Crippen LogP contribution in [0.15, 0.2) is 0 Å². The van der Waals surface area contributed by atoms with Crippen molar-refractivity contribution in [2.45, 2.75) is 18.2 Å². The molecule has 2 N–H and O–H groups in total. The van der Waals surface area contributed by atoms with Crippen molar-refractivity contribution in [2.24, 2.45) is 5.73 Å².